The van der Waals surface area contributed by atoms with Gasteiger partial charge in [0.25, 0.3) is 5.91 Å². The van der Waals surface area contributed by atoms with Crippen molar-refractivity contribution in [2.45, 2.75) is 32.2 Å². The maximum atomic E-state index is 12.9. The quantitative estimate of drug-likeness (QED) is 0.712. The van der Waals surface area contributed by atoms with Crippen LogP contribution in [0.15, 0.2) is 54.6 Å². The van der Waals surface area contributed by atoms with E-state index < -0.39 is 0 Å². The normalized spacial score (nSPS) is 21.8. The van der Waals surface area contributed by atoms with E-state index in [-0.39, 0.29) is 17.7 Å². The fraction of sp³-hybridized carbons (Fsp3) is 0.462. The van der Waals surface area contributed by atoms with Crippen LogP contribution in [0.25, 0.3) is 0 Å². The Morgan fingerprint density at radius 2 is 1.69 bits per heavy atom. The molecule has 2 fully saturated rings. The van der Waals surface area contributed by atoms with Crippen molar-refractivity contribution >= 4 is 23.4 Å². The molecule has 2 heterocycles. The Bertz CT molecular complexity index is 903. The summed E-state index contributed by atoms with van der Waals surface area (Å²) in [6.07, 6.45) is 4.00. The predicted molar refractivity (Wildman–Crippen MR) is 128 cm³/mol. The number of hydrogen-bond donors (Lipinski definition) is 1. The molecule has 2 aliphatic heterocycles. The lowest BCUT2D eigenvalue weighted by molar-refractivity contribution is -0.126. The minimum atomic E-state index is -0.135. The highest BCUT2D eigenvalue weighted by molar-refractivity contribution is 6.30. The Morgan fingerprint density at radius 3 is 2.47 bits per heavy atom. The lowest BCUT2D eigenvalue weighted by Gasteiger charge is -2.34. The highest BCUT2D eigenvalue weighted by Crippen LogP contribution is 2.21. The molecule has 0 spiro atoms. The molecular formula is C26H32ClN3O2. The first-order valence-electron chi connectivity index (χ1n) is 11.7. The van der Waals surface area contributed by atoms with Crippen LogP contribution >= 0.6 is 11.6 Å². The number of nitrogens with one attached hydrogen (secondary N) is 1. The van der Waals surface area contributed by atoms with Gasteiger partial charge in [-0.25, -0.2) is 0 Å². The van der Waals surface area contributed by atoms with Gasteiger partial charge in [-0.15, -0.1) is 0 Å². The standard InChI is InChI=1S/C26H32ClN3O2/c27-24-12-10-22(11-13-24)26(32)30-15-5-9-23(19-30)25(31)28-16-21-8-4-14-29(18-21)17-20-6-2-1-3-7-20/h1-3,6-7,10-13,21,23H,4-5,8-9,14-19H2,(H,28,31)/t21-,23+/m0/s1. The maximum Gasteiger partial charge on any atom is 0.253 e. The van der Waals surface area contributed by atoms with Crippen LogP contribution in [0.5, 0.6) is 0 Å². The van der Waals surface area contributed by atoms with E-state index in [2.05, 4.69) is 34.5 Å². The molecule has 2 aromatic carbocycles. The van der Waals surface area contributed by atoms with E-state index >= 15 is 0 Å². The fourth-order valence-corrected chi connectivity index (χ4v) is 4.97. The van der Waals surface area contributed by atoms with E-state index in [9.17, 15) is 9.59 Å². The minimum absolute atomic E-state index is 0.0250. The first-order valence-corrected chi connectivity index (χ1v) is 12.0. The first-order chi connectivity index (χ1) is 15.6. The lowest BCUT2D eigenvalue weighted by atomic mass is 9.94. The molecule has 0 unspecified atom stereocenters. The number of likely N-dealkylation sites (tertiary alicyclic amines) is 2. The number of nitrogens with zero attached hydrogens (tertiary/aromatic N) is 2. The molecule has 2 aromatic rings. The number of carbonyl (C=O) groups excluding carboxylic acids is 2. The summed E-state index contributed by atoms with van der Waals surface area (Å²) in [5, 5.41) is 3.81. The zero-order valence-corrected chi connectivity index (χ0v) is 19.3. The Hall–Kier alpha value is -2.37. The van der Waals surface area contributed by atoms with Gasteiger partial charge in [0, 0.05) is 43.3 Å². The van der Waals surface area contributed by atoms with Crippen molar-refractivity contribution in [2.24, 2.45) is 11.8 Å². The van der Waals surface area contributed by atoms with E-state index in [1.54, 1.807) is 29.2 Å². The molecular weight excluding hydrogens is 422 g/mol. The largest absolute Gasteiger partial charge is 0.355 e. The van der Waals surface area contributed by atoms with Crippen molar-refractivity contribution in [3.05, 3.63) is 70.7 Å². The molecule has 0 saturated carbocycles. The van der Waals surface area contributed by atoms with E-state index in [1.807, 2.05) is 6.07 Å². The van der Waals surface area contributed by atoms with Crippen molar-refractivity contribution in [1.82, 2.24) is 15.1 Å². The summed E-state index contributed by atoms with van der Waals surface area (Å²) < 4.78 is 0. The Morgan fingerprint density at radius 1 is 0.938 bits per heavy atom. The molecule has 4 rings (SSSR count). The van der Waals surface area contributed by atoms with Crippen molar-refractivity contribution in [1.29, 1.82) is 0 Å². The van der Waals surface area contributed by atoms with Crippen LogP contribution in [0.2, 0.25) is 5.02 Å². The number of benzene rings is 2. The topological polar surface area (TPSA) is 52.7 Å². The van der Waals surface area contributed by atoms with Crippen molar-refractivity contribution in [3.8, 4) is 0 Å². The van der Waals surface area contributed by atoms with Crippen LogP contribution < -0.4 is 5.32 Å². The van der Waals surface area contributed by atoms with Gasteiger partial charge in [-0.3, -0.25) is 14.5 Å². The minimum Gasteiger partial charge on any atom is -0.355 e. The monoisotopic (exact) mass is 453 g/mol. The summed E-state index contributed by atoms with van der Waals surface area (Å²) in [5.74, 6) is 0.401. The van der Waals surface area contributed by atoms with E-state index in [0.717, 1.165) is 38.9 Å². The maximum absolute atomic E-state index is 12.9. The van der Waals surface area contributed by atoms with Crippen molar-refractivity contribution < 1.29 is 9.59 Å². The average Bonchev–Trinajstić information content (AvgIpc) is 2.83. The number of halogens is 1. The Kier molecular flexibility index (Phi) is 7.82. The molecule has 2 saturated heterocycles. The molecule has 32 heavy (non-hydrogen) atoms. The summed E-state index contributed by atoms with van der Waals surface area (Å²) in [5.41, 5.74) is 1.96. The number of amides is 2. The smallest absolute Gasteiger partial charge is 0.253 e. The third-order valence-electron chi connectivity index (χ3n) is 6.59. The van der Waals surface area contributed by atoms with Crippen LogP contribution in [-0.2, 0) is 11.3 Å². The van der Waals surface area contributed by atoms with E-state index in [4.69, 9.17) is 11.6 Å². The van der Waals surface area contributed by atoms with Gasteiger partial charge in [0.2, 0.25) is 5.91 Å². The van der Waals surface area contributed by atoms with Crippen molar-refractivity contribution in [2.75, 3.05) is 32.7 Å². The SMILES string of the molecule is O=C(NC[C@@H]1CCCN(Cc2ccccc2)C1)[C@@H]1CCCN(C(=O)c2ccc(Cl)cc2)C1. The molecule has 1 N–H and O–H groups in total. The van der Waals surface area contributed by atoms with Crippen LogP contribution in [0.1, 0.15) is 41.6 Å². The number of rotatable bonds is 6. The highest BCUT2D eigenvalue weighted by atomic mass is 35.5. The van der Waals surface area contributed by atoms with Crippen LogP contribution in [0, 0.1) is 11.8 Å². The number of carbonyl (C=O) groups is 2. The molecule has 2 aliphatic rings. The van der Waals surface area contributed by atoms with Gasteiger partial charge in [-0.2, -0.15) is 0 Å². The fourth-order valence-electron chi connectivity index (χ4n) is 4.84. The average molecular weight is 454 g/mol. The second-order valence-corrected chi connectivity index (χ2v) is 9.51. The van der Waals surface area contributed by atoms with Gasteiger partial charge in [0.15, 0.2) is 0 Å². The van der Waals surface area contributed by atoms with Gasteiger partial charge in [-0.05, 0) is 68.0 Å². The van der Waals surface area contributed by atoms with Gasteiger partial charge in [0.1, 0.15) is 0 Å². The second kappa shape index (κ2) is 11.0. The predicted octanol–water partition coefficient (Wildman–Crippen LogP) is 4.22. The zero-order valence-electron chi connectivity index (χ0n) is 18.5. The van der Waals surface area contributed by atoms with Crippen molar-refractivity contribution in [3.63, 3.8) is 0 Å². The molecule has 2 atom stereocenters. The Labute approximate surface area is 195 Å². The van der Waals surface area contributed by atoms with Gasteiger partial charge in [0.05, 0.1) is 5.92 Å². The lowest BCUT2D eigenvalue weighted by Crippen LogP contribution is -2.47. The Balaban J connectivity index is 1.25. The van der Waals surface area contributed by atoms with Crippen LogP contribution in [0.3, 0.4) is 0 Å². The molecule has 5 nitrogen and oxygen atoms in total. The molecule has 2 amide bonds. The molecule has 0 aromatic heterocycles. The number of piperidine rings is 2. The van der Waals surface area contributed by atoms with Crippen LogP contribution in [-0.4, -0.2) is 54.3 Å². The molecule has 0 aliphatic carbocycles. The molecule has 0 radical (unpaired) electrons. The molecule has 0 bridgehead atoms. The van der Waals surface area contributed by atoms with Gasteiger partial charge < -0.3 is 10.2 Å². The third kappa shape index (κ3) is 6.11. The summed E-state index contributed by atoms with van der Waals surface area (Å²) >= 11 is 5.93. The molecule has 170 valence electrons. The summed E-state index contributed by atoms with van der Waals surface area (Å²) in [4.78, 5) is 30.0. The highest BCUT2D eigenvalue weighted by Gasteiger charge is 2.29. The van der Waals surface area contributed by atoms with Crippen LogP contribution in [0.4, 0.5) is 0 Å². The first kappa shape index (κ1) is 22.8. The zero-order chi connectivity index (χ0) is 22.3. The molecule has 6 heteroatoms. The van der Waals surface area contributed by atoms with E-state index in [0.29, 0.717) is 36.1 Å². The third-order valence-corrected chi connectivity index (χ3v) is 6.84. The second-order valence-electron chi connectivity index (χ2n) is 9.07. The van der Waals surface area contributed by atoms with E-state index in [1.165, 1.54) is 12.0 Å². The summed E-state index contributed by atoms with van der Waals surface area (Å²) in [6, 6.07) is 17.5. The van der Waals surface area contributed by atoms with Gasteiger partial charge in [-0.1, -0.05) is 41.9 Å². The summed E-state index contributed by atoms with van der Waals surface area (Å²) in [7, 11) is 0. The number of hydrogen-bond acceptors (Lipinski definition) is 3. The summed E-state index contributed by atoms with van der Waals surface area (Å²) in [6.45, 7) is 4.99. The van der Waals surface area contributed by atoms with Gasteiger partial charge >= 0.3 is 0 Å².